The van der Waals surface area contributed by atoms with Crippen LogP contribution in [0.25, 0.3) is 0 Å². The van der Waals surface area contributed by atoms with Gasteiger partial charge < -0.3 is 20.3 Å². The highest BCUT2D eigenvalue weighted by atomic mass is 79.9. The zero-order valence-corrected chi connectivity index (χ0v) is 12.1. The average molecular weight is 318 g/mol. The highest BCUT2D eigenvalue weighted by Gasteiger charge is 2.21. The lowest BCUT2D eigenvalue weighted by Crippen LogP contribution is -2.16. The largest absolute Gasteiger partial charge is 0.493 e. The third-order valence-electron chi connectivity index (χ3n) is 2.65. The van der Waals surface area contributed by atoms with Crippen molar-refractivity contribution in [3.05, 3.63) is 21.7 Å². The van der Waals surface area contributed by atoms with Gasteiger partial charge in [-0.1, -0.05) is 15.9 Å². The maximum Gasteiger partial charge on any atom is 0.305 e. The highest BCUT2D eigenvalue weighted by molar-refractivity contribution is 9.10. The lowest BCUT2D eigenvalue weighted by Gasteiger charge is -2.19. The van der Waals surface area contributed by atoms with Crippen LogP contribution < -0.4 is 15.2 Å². The SMILES string of the molecule is COc1c(C(N)CC(=O)O)cc(Br)c(C)c1OC. The van der Waals surface area contributed by atoms with Crippen LogP contribution >= 0.6 is 15.9 Å². The van der Waals surface area contributed by atoms with Gasteiger partial charge in [0.05, 0.1) is 20.6 Å². The summed E-state index contributed by atoms with van der Waals surface area (Å²) in [6.07, 6.45) is -0.172. The van der Waals surface area contributed by atoms with E-state index in [0.29, 0.717) is 17.1 Å². The van der Waals surface area contributed by atoms with E-state index >= 15 is 0 Å². The molecule has 3 N–H and O–H groups in total. The van der Waals surface area contributed by atoms with Gasteiger partial charge in [-0.05, 0) is 13.0 Å². The van der Waals surface area contributed by atoms with Crippen LogP contribution in [0.2, 0.25) is 0 Å². The number of carboxylic acids is 1. The van der Waals surface area contributed by atoms with Crippen LogP contribution in [0.4, 0.5) is 0 Å². The number of ether oxygens (including phenoxy) is 2. The van der Waals surface area contributed by atoms with Crippen molar-refractivity contribution in [1.29, 1.82) is 0 Å². The number of rotatable bonds is 5. The van der Waals surface area contributed by atoms with Gasteiger partial charge in [0.15, 0.2) is 11.5 Å². The molecule has 100 valence electrons. The van der Waals surface area contributed by atoms with Gasteiger partial charge in [-0.2, -0.15) is 0 Å². The molecule has 18 heavy (non-hydrogen) atoms. The van der Waals surface area contributed by atoms with E-state index in [-0.39, 0.29) is 6.42 Å². The van der Waals surface area contributed by atoms with E-state index in [1.54, 1.807) is 6.07 Å². The molecule has 0 heterocycles. The zero-order chi connectivity index (χ0) is 13.9. The van der Waals surface area contributed by atoms with Gasteiger partial charge in [-0.15, -0.1) is 0 Å². The molecule has 1 unspecified atom stereocenters. The molecule has 0 aromatic heterocycles. The minimum Gasteiger partial charge on any atom is -0.493 e. The van der Waals surface area contributed by atoms with Gasteiger partial charge in [0, 0.05) is 21.6 Å². The van der Waals surface area contributed by atoms with E-state index in [9.17, 15) is 4.79 Å². The van der Waals surface area contributed by atoms with Crippen LogP contribution in [-0.4, -0.2) is 25.3 Å². The summed E-state index contributed by atoms with van der Waals surface area (Å²) in [7, 11) is 3.03. The Morgan fingerprint density at radius 3 is 2.44 bits per heavy atom. The van der Waals surface area contributed by atoms with Gasteiger partial charge in [0.1, 0.15) is 0 Å². The fourth-order valence-electron chi connectivity index (χ4n) is 1.75. The van der Waals surface area contributed by atoms with Crippen LogP contribution in [0.3, 0.4) is 0 Å². The topological polar surface area (TPSA) is 81.8 Å². The van der Waals surface area contributed by atoms with Crippen LogP contribution in [0, 0.1) is 6.92 Å². The molecule has 0 aliphatic rings. The number of aliphatic carboxylic acids is 1. The molecular weight excluding hydrogens is 302 g/mol. The maximum atomic E-state index is 10.7. The first kappa shape index (κ1) is 14.8. The van der Waals surface area contributed by atoms with Crippen LogP contribution in [0.1, 0.15) is 23.6 Å². The predicted octanol–water partition coefficient (Wildman–Crippen LogP) is 2.25. The van der Waals surface area contributed by atoms with Gasteiger partial charge in [0.25, 0.3) is 0 Å². The van der Waals surface area contributed by atoms with Crippen molar-refractivity contribution in [2.75, 3.05) is 14.2 Å². The van der Waals surface area contributed by atoms with E-state index in [1.807, 2.05) is 6.92 Å². The van der Waals surface area contributed by atoms with Crippen LogP contribution in [-0.2, 0) is 4.79 Å². The fraction of sp³-hybridized carbons (Fsp3) is 0.417. The van der Waals surface area contributed by atoms with E-state index in [4.69, 9.17) is 20.3 Å². The van der Waals surface area contributed by atoms with Crippen molar-refractivity contribution in [3.63, 3.8) is 0 Å². The number of hydrogen-bond acceptors (Lipinski definition) is 4. The second kappa shape index (κ2) is 6.06. The maximum absolute atomic E-state index is 10.7. The number of nitrogens with two attached hydrogens (primary N) is 1. The second-order valence-electron chi connectivity index (χ2n) is 3.84. The first-order valence-corrected chi connectivity index (χ1v) is 6.10. The van der Waals surface area contributed by atoms with Crippen molar-refractivity contribution >= 4 is 21.9 Å². The number of carboxylic acid groups (broad SMARTS) is 1. The van der Waals surface area contributed by atoms with Gasteiger partial charge in [-0.3, -0.25) is 4.79 Å². The first-order valence-electron chi connectivity index (χ1n) is 5.30. The number of methoxy groups -OCH3 is 2. The third kappa shape index (κ3) is 2.94. The van der Waals surface area contributed by atoms with Crippen molar-refractivity contribution in [2.24, 2.45) is 5.73 Å². The minimum absolute atomic E-state index is 0.172. The Hall–Kier alpha value is -1.27. The summed E-state index contributed by atoms with van der Waals surface area (Å²) in [5.74, 6) is 0.0786. The quantitative estimate of drug-likeness (QED) is 0.870. The monoisotopic (exact) mass is 317 g/mol. The van der Waals surface area contributed by atoms with E-state index in [1.165, 1.54) is 14.2 Å². The van der Waals surface area contributed by atoms with Crippen molar-refractivity contribution < 1.29 is 19.4 Å². The summed E-state index contributed by atoms with van der Waals surface area (Å²) in [4.78, 5) is 10.7. The molecular formula is C12H16BrNO4. The van der Waals surface area contributed by atoms with E-state index in [0.717, 1.165) is 10.0 Å². The van der Waals surface area contributed by atoms with Crippen molar-refractivity contribution in [1.82, 2.24) is 0 Å². The van der Waals surface area contributed by atoms with Gasteiger partial charge in [0.2, 0.25) is 0 Å². The fourth-order valence-corrected chi connectivity index (χ4v) is 2.18. The van der Waals surface area contributed by atoms with Crippen molar-refractivity contribution in [2.45, 2.75) is 19.4 Å². The van der Waals surface area contributed by atoms with Crippen molar-refractivity contribution in [3.8, 4) is 11.5 Å². The molecule has 0 fully saturated rings. The molecule has 0 saturated carbocycles. The molecule has 0 amide bonds. The van der Waals surface area contributed by atoms with Crippen LogP contribution in [0.5, 0.6) is 11.5 Å². The molecule has 1 atom stereocenters. The summed E-state index contributed by atoms with van der Waals surface area (Å²) in [6.45, 7) is 1.87. The molecule has 1 aromatic carbocycles. The number of benzene rings is 1. The molecule has 6 heteroatoms. The number of carbonyl (C=O) groups is 1. The molecule has 0 bridgehead atoms. The summed E-state index contributed by atoms with van der Waals surface area (Å²) in [5, 5.41) is 8.80. The number of hydrogen-bond donors (Lipinski definition) is 2. The Labute approximate surface area is 114 Å². The highest BCUT2D eigenvalue weighted by Crippen LogP contribution is 2.41. The normalized spacial score (nSPS) is 12.1. The Bertz CT molecular complexity index is 462. The molecule has 5 nitrogen and oxygen atoms in total. The van der Waals surface area contributed by atoms with Gasteiger partial charge >= 0.3 is 5.97 Å². The Balaban J connectivity index is 3.34. The first-order chi connectivity index (χ1) is 8.42. The lowest BCUT2D eigenvalue weighted by molar-refractivity contribution is -0.137. The average Bonchev–Trinajstić information content (AvgIpc) is 2.30. The summed E-state index contributed by atoms with van der Waals surface area (Å²) in [6, 6.07) is 1.12. The summed E-state index contributed by atoms with van der Waals surface area (Å²) < 4.78 is 11.4. The molecule has 1 rings (SSSR count). The zero-order valence-electron chi connectivity index (χ0n) is 10.5. The molecule has 0 aliphatic carbocycles. The van der Waals surface area contributed by atoms with E-state index in [2.05, 4.69) is 15.9 Å². The summed E-state index contributed by atoms with van der Waals surface area (Å²) in [5.41, 5.74) is 7.36. The standard InChI is InChI=1S/C12H16BrNO4/c1-6-8(13)4-7(9(14)5-10(15)16)12(18-3)11(6)17-2/h4,9H,5,14H2,1-3H3,(H,15,16). The van der Waals surface area contributed by atoms with Crippen LogP contribution in [0.15, 0.2) is 10.5 Å². The lowest BCUT2D eigenvalue weighted by atomic mass is 10.0. The second-order valence-corrected chi connectivity index (χ2v) is 4.70. The number of halogens is 1. The molecule has 1 aromatic rings. The predicted molar refractivity (Wildman–Crippen MR) is 71.2 cm³/mol. The Kier molecular flexibility index (Phi) is 4.98. The van der Waals surface area contributed by atoms with E-state index < -0.39 is 12.0 Å². The minimum atomic E-state index is -0.958. The van der Waals surface area contributed by atoms with Gasteiger partial charge in [-0.25, -0.2) is 0 Å². The summed E-state index contributed by atoms with van der Waals surface area (Å²) >= 11 is 3.40. The molecule has 0 radical (unpaired) electrons. The Morgan fingerprint density at radius 1 is 1.44 bits per heavy atom. The smallest absolute Gasteiger partial charge is 0.305 e. The molecule has 0 saturated heterocycles. The Morgan fingerprint density at radius 2 is 2.00 bits per heavy atom. The molecule has 0 aliphatic heterocycles. The third-order valence-corrected chi connectivity index (χ3v) is 3.48. The molecule has 0 spiro atoms.